The van der Waals surface area contributed by atoms with Crippen molar-refractivity contribution in [2.45, 2.75) is 17.4 Å². The highest BCUT2D eigenvalue weighted by atomic mass is 32.2. The normalized spacial score (nSPS) is 18.5. The molecule has 3 aromatic rings. The fourth-order valence-electron chi connectivity index (χ4n) is 2.96. The molecule has 0 amide bonds. The number of fused-ring (bicyclic) bond motifs is 1. The molecular weight excluding hydrogens is 340 g/mol. The standard InChI is InChI=1S/C17H16N4O3S/c22-25(23,15-6-1-4-13-5-2-9-18-17(13)15)21-11-8-14(12-21)24-16-7-3-10-19-20-16/h1-7,9-10,14H,8,11-12H2. The molecule has 0 aliphatic carbocycles. The lowest BCUT2D eigenvalue weighted by Crippen LogP contribution is -2.31. The molecule has 1 atom stereocenters. The van der Waals surface area contributed by atoms with E-state index in [1.165, 1.54) is 4.31 Å². The molecular formula is C17H16N4O3S. The maximum absolute atomic E-state index is 13.0. The first-order valence-corrected chi connectivity index (χ1v) is 9.37. The van der Waals surface area contributed by atoms with E-state index in [1.807, 2.05) is 12.1 Å². The fourth-order valence-corrected chi connectivity index (χ4v) is 4.61. The molecule has 0 N–H and O–H groups in total. The Bertz CT molecular complexity index is 990. The lowest BCUT2D eigenvalue weighted by molar-refractivity contribution is 0.204. The van der Waals surface area contributed by atoms with Gasteiger partial charge in [0.1, 0.15) is 11.0 Å². The number of pyridine rings is 1. The third-order valence-electron chi connectivity index (χ3n) is 4.16. The number of hydrogen-bond donors (Lipinski definition) is 0. The molecule has 128 valence electrons. The van der Waals surface area contributed by atoms with Crippen LogP contribution in [-0.2, 0) is 10.0 Å². The maximum atomic E-state index is 13.0. The van der Waals surface area contributed by atoms with Gasteiger partial charge in [-0.2, -0.15) is 9.40 Å². The van der Waals surface area contributed by atoms with Crippen molar-refractivity contribution in [3.8, 4) is 5.88 Å². The average molecular weight is 356 g/mol. The second-order valence-electron chi connectivity index (χ2n) is 5.78. The van der Waals surface area contributed by atoms with Crippen LogP contribution in [0.15, 0.2) is 59.8 Å². The molecule has 1 fully saturated rings. The predicted octanol–water partition coefficient (Wildman–Crippen LogP) is 1.87. The van der Waals surface area contributed by atoms with Gasteiger partial charge in [0.2, 0.25) is 15.9 Å². The van der Waals surface area contributed by atoms with Gasteiger partial charge in [0.25, 0.3) is 0 Å². The topological polar surface area (TPSA) is 85.3 Å². The van der Waals surface area contributed by atoms with E-state index in [4.69, 9.17) is 4.74 Å². The number of aromatic nitrogens is 3. The van der Waals surface area contributed by atoms with Gasteiger partial charge < -0.3 is 4.74 Å². The lowest BCUT2D eigenvalue weighted by atomic mass is 10.2. The quantitative estimate of drug-likeness (QED) is 0.709. The Hall–Kier alpha value is -2.58. The van der Waals surface area contributed by atoms with Gasteiger partial charge in [-0.15, -0.1) is 5.10 Å². The Kier molecular flexibility index (Phi) is 4.06. The average Bonchev–Trinajstić information content (AvgIpc) is 3.11. The summed E-state index contributed by atoms with van der Waals surface area (Å²) in [5.41, 5.74) is 0.489. The monoisotopic (exact) mass is 356 g/mol. The van der Waals surface area contributed by atoms with Crippen molar-refractivity contribution in [2.75, 3.05) is 13.1 Å². The summed E-state index contributed by atoms with van der Waals surface area (Å²) in [4.78, 5) is 4.48. The second-order valence-corrected chi connectivity index (χ2v) is 7.69. The first kappa shape index (κ1) is 15.9. The van der Waals surface area contributed by atoms with E-state index in [0.29, 0.717) is 24.4 Å². The molecule has 4 rings (SSSR count). The van der Waals surface area contributed by atoms with Crippen LogP contribution in [0.1, 0.15) is 6.42 Å². The molecule has 25 heavy (non-hydrogen) atoms. The van der Waals surface area contributed by atoms with E-state index in [1.54, 1.807) is 42.7 Å². The Morgan fingerprint density at radius 3 is 2.76 bits per heavy atom. The minimum atomic E-state index is -3.64. The van der Waals surface area contributed by atoms with Crippen LogP contribution in [0.2, 0.25) is 0 Å². The zero-order chi connectivity index (χ0) is 17.3. The molecule has 0 bridgehead atoms. The van der Waals surface area contributed by atoms with E-state index >= 15 is 0 Å². The summed E-state index contributed by atoms with van der Waals surface area (Å²) in [5.74, 6) is 0.401. The summed E-state index contributed by atoms with van der Waals surface area (Å²) < 4.78 is 33.3. The maximum Gasteiger partial charge on any atom is 0.245 e. The molecule has 0 spiro atoms. The summed E-state index contributed by atoms with van der Waals surface area (Å²) in [6, 6.07) is 12.3. The number of hydrogen-bond acceptors (Lipinski definition) is 6. The van der Waals surface area contributed by atoms with Gasteiger partial charge in [0, 0.05) is 30.4 Å². The minimum absolute atomic E-state index is 0.228. The van der Waals surface area contributed by atoms with Crippen LogP contribution in [0.4, 0.5) is 0 Å². The van der Waals surface area contributed by atoms with E-state index in [2.05, 4.69) is 15.2 Å². The Labute approximate surface area is 145 Å². The van der Waals surface area contributed by atoms with Gasteiger partial charge in [-0.3, -0.25) is 4.98 Å². The summed E-state index contributed by atoms with van der Waals surface area (Å²) in [5, 5.41) is 8.44. The molecule has 3 heterocycles. The summed E-state index contributed by atoms with van der Waals surface area (Å²) in [6.07, 6.45) is 3.53. The van der Waals surface area contributed by atoms with Crippen molar-refractivity contribution < 1.29 is 13.2 Å². The first-order valence-electron chi connectivity index (χ1n) is 7.93. The molecule has 2 aromatic heterocycles. The van der Waals surface area contributed by atoms with Crippen LogP contribution in [0.25, 0.3) is 10.9 Å². The number of nitrogens with zero attached hydrogens (tertiary/aromatic N) is 4. The number of sulfonamides is 1. The van der Waals surface area contributed by atoms with E-state index in [9.17, 15) is 8.42 Å². The Morgan fingerprint density at radius 1 is 1.08 bits per heavy atom. The van der Waals surface area contributed by atoms with Gasteiger partial charge in [0.15, 0.2) is 0 Å². The lowest BCUT2D eigenvalue weighted by Gasteiger charge is -2.17. The van der Waals surface area contributed by atoms with Crippen LogP contribution in [0.3, 0.4) is 0 Å². The highest BCUT2D eigenvalue weighted by Gasteiger charge is 2.35. The number of para-hydroxylation sites is 1. The van der Waals surface area contributed by atoms with Crippen molar-refractivity contribution in [1.29, 1.82) is 0 Å². The molecule has 0 saturated carbocycles. The van der Waals surface area contributed by atoms with Gasteiger partial charge >= 0.3 is 0 Å². The first-order chi connectivity index (χ1) is 12.1. The molecule has 1 aliphatic rings. The molecule has 1 aliphatic heterocycles. The van der Waals surface area contributed by atoms with Crippen molar-refractivity contribution in [3.63, 3.8) is 0 Å². The van der Waals surface area contributed by atoms with Gasteiger partial charge in [-0.1, -0.05) is 18.2 Å². The molecule has 1 aromatic carbocycles. The van der Waals surface area contributed by atoms with Crippen molar-refractivity contribution in [3.05, 3.63) is 54.9 Å². The number of benzene rings is 1. The van der Waals surface area contributed by atoms with Crippen LogP contribution < -0.4 is 4.74 Å². The van der Waals surface area contributed by atoms with Gasteiger partial charge in [-0.05, 0) is 24.6 Å². The third-order valence-corrected chi connectivity index (χ3v) is 6.05. The fraction of sp³-hybridized carbons (Fsp3) is 0.235. The van der Waals surface area contributed by atoms with E-state index < -0.39 is 10.0 Å². The Balaban J connectivity index is 1.59. The second kappa shape index (κ2) is 6.38. The molecule has 0 radical (unpaired) electrons. The van der Waals surface area contributed by atoms with Crippen molar-refractivity contribution in [2.24, 2.45) is 0 Å². The SMILES string of the molecule is O=S(=O)(c1cccc2cccnc12)N1CCC(Oc2cccnn2)C1. The zero-order valence-electron chi connectivity index (χ0n) is 13.3. The summed E-state index contributed by atoms with van der Waals surface area (Å²) in [6.45, 7) is 0.679. The van der Waals surface area contributed by atoms with E-state index in [-0.39, 0.29) is 17.5 Å². The molecule has 8 heteroatoms. The highest BCUT2D eigenvalue weighted by molar-refractivity contribution is 7.89. The zero-order valence-corrected chi connectivity index (χ0v) is 14.1. The van der Waals surface area contributed by atoms with Gasteiger partial charge in [0.05, 0.1) is 12.1 Å². The van der Waals surface area contributed by atoms with Crippen molar-refractivity contribution >= 4 is 20.9 Å². The minimum Gasteiger partial charge on any atom is -0.472 e. The smallest absolute Gasteiger partial charge is 0.245 e. The van der Waals surface area contributed by atoms with Crippen molar-refractivity contribution in [1.82, 2.24) is 19.5 Å². The molecule has 1 saturated heterocycles. The van der Waals surface area contributed by atoms with Crippen LogP contribution >= 0.6 is 0 Å². The molecule has 7 nitrogen and oxygen atoms in total. The summed E-state index contributed by atoms with van der Waals surface area (Å²) in [7, 11) is -3.64. The van der Waals surface area contributed by atoms with Gasteiger partial charge in [-0.25, -0.2) is 8.42 Å². The van der Waals surface area contributed by atoms with Crippen LogP contribution in [0, 0.1) is 0 Å². The van der Waals surface area contributed by atoms with E-state index in [0.717, 1.165) is 5.39 Å². The summed E-state index contributed by atoms with van der Waals surface area (Å²) >= 11 is 0. The predicted molar refractivity (Wildman–Crippen MR) is 91.6 cm³/mol. The Morgan fingerprint density at radius 2 is 1.92 bits per heavy atom. The third kappa shape index (κ3) is 3.06. The van der Waals surface area contributed by atoms with Crippen LogP contribution in [-0.4, -0.2) is 47.1 Å². The number of ether oxygens (including phenoxy) is 1. The number of rotatable bonds is 4. The molecule has 1 unspecified atom stereocenters. The highest BCUT2D eigenvalue weighted by Crippen LogP contribution is 2.27. The van der Waals surface area contributed by atoms with Crippen LogP contribution in [0.5, 0.6) is 5.88 Å². The largest absolute Gasteiger partial charge is 0.472 e.